The largest absolute Gasteiger partial charge is 0.478 e. The van der Waals surface area contributed by atoms with Crippen LogP contribution in [0.1, 0.15) is 29.5 Å². The quantitative estimate of drug-likeness (QED) is 0.877. The first-order valence-electron chi connectivity index (χ1n) is 6.72. The third kappa shape index (κ3) is 3.41. The first-order chi connectivity index (χ1) is 9.83. The van der Waals surface area contributed by atoms with E-state index in [0.717, 1.165) is 12.2 Å². The van der Waals surface area contributed by atoms with Crippen LogP contribution in [0.25, 0.3) is 11.0 Å². The molecule has 0 aliphatic heterocycles. The molecule has 2 rings (SSSR count). The lowest BCUT2D eigenvalue weighted by atomic mass is 10.2. The molecule has 1 aromatic heterocycles. The highest BCUT2D eigenvalue weighted by Crippen LogP contribution is 2.22. The Balaban J connectivity index is 2.62. The molecule has 0 bridgehead atoms. The number of sulfone groups is 1. The van der Waals surface area contributed by atoms with E-state index in [1.807, 2.05) is 6.92 Å². The number of hydrogen-bond acceptors (Lipinski definition) is 4. The molecule has 0 radical (unpaired) electrons. The molecule has 0 saturated carbocycles. The van der Waals surface area contributed by atoms with E-state index in [9.17, 15) is 18.3 Å². The van der Waals surface area contributed by atoms with Gasteiger partial charge in [-0.25, -0.2) is 18.2 Å². The summed E-state index contributed by atoms with van der Waals surface area (Å²) in [7, 11) is -3.13. The number of para-hydroxylation sites is 1. The van der Waals surface area contributed by atoms with Crippen LogP contribution in [0.2, 0.25) is 0 Å². The summed E-state index contributed by atoms with van der Waals surface area (Å²) in [6.07, 6.45) is 2.70. The Hall–Kier alpha value is -1.89. The number of carbonyl (C=O) groups is 1. The normalized spacial score (nSPS) is 11.9. The van der Waals surface area contributed by atoms with Gasteiger partial charge in [0.15, 0.2) is 0 Å². The predicted octanol–water partition coefficient (Wildman–Crippen LogP) is 1.73. The van der Waals surface area contributed by atoms with Gasteiger partial charge in [-0.05, 0) is 18.6 Å². The standard InChI is InChI=1S/C14H18N2O4S/c1-3-5-12-15-11-7-4-6-10(14(17)18)13(11)16(12)8-9-21(2,19)20/h4,6-7H,3,5,8-9H2,1-2H3,(H,17,18). The van der Waals surface area contributed by atoms with Crippen LogP contribution < -0.4 is 0 Å². The fraction of sp³-hybridized carbons (Fsp3) is 0.429. The lowest BCUT2D eigenvalue weighted by Crippen LogP contribution is -2.14. The van der Waals surface area contributed by atoms with Crippen LogP contribution in [-0.4, -0.2) is 41.1 Å². The number of carboxylic acids is 1. The molecule has 21 heavy (non-hydrogen) atoms. The maximum Gasteiger partial charge on any atom is 0.337 e. The van der Waals surface area contributed by atoms with Crippen molar-refractivity contribution in [3.05, 3.63) is 29.6 Å². The molecule has 6 nitrogen and oxygen atoms in total. The molecule has 0 aliphatic rings. The van der Waals surface area contributed by atoms with E-state index in [1.165, 1.54) is 12.3 Å². The molecular weight excluding hydrogens is 292 g/mol. The Morgan fingerprint density at radius 3 is 2.67 bits per heavy atom. The van der Waals surface area contributed by atoms with Gasteiger partial charge in [-0.15, -0.1) is 0 Å². The summed E-state index contributed by atoms with van der Waals surface area (Å²) in [6.45, 7) is 2.22. The van der Waals surface area contributed by atoms with E-state index in [2.05, 4.69) is 4.98 Å². The number of nitrogens with zero attached hydrogens (tertiary/aromatic N) is 2. The molecule has 0 spiro atoms. The van der Waals surface area contributed by atoms with Gasteiger partial charge in [-0.1, -0.05) is 13.0 Å². The van der Waals surface area contributed by atoms with Crippen LogP contribution in [0.3, 0.4) is 0 Å². The molecule has 1 N–H and O–H groups in total. The van der Waals surface area contributed by atoms with Crippen molar-refractivity contribution in [3.8, 4) is 0 Å². The van der Waals surface area contributed by atoms with Crippen LogP contribution in [0.15, 0.2) is 18.2 Å². The molecule has 0 amide bonds. The van der Waals surface area contributed by atoms with Gasteiger partial charge in [0, 0.05) is 19.2 Å². The van der Waals surface area contributed by atoms with Crippen molar-refractivity contribution >= 4 is 26.8 Å². The van der Waals surface area contributed by atoms with E-state index in [-0.39, 0.29) is 17.9 Å². The second-order valence-electron chi connectivity index (χ2n) is 5.04. The van der Waals surface area contributed by atoms with E-state index in [1.54, 1.807) is 16.7 Å². The van der Waals surface area contributed by atoms with Crippen molar-refractivity contribution in [2.45, 2.75) is 26.3 Å². The number of rotatable bonds is 6. The summed E-state index contributed by atoms with van der Waals surface area (Å²) in [5.74, 6) is -0.350. The molecule has 1 aromatic carbocycles. The summed E-state index contributed by atoms with van der Waals surface area (Å²) < 4.78 is 24.5. The fourth-order valence-electron chi connectivity index (χ4n) is 2.32. The van der Waals surface area contributed by atoms with E-state index >= 15 is 0 Å². The van der Waals surface area contributed by atoms with Crippen LogP contribution in [-0.2, 0) is 22.8 Å². The number of aromatic carboxylic acids is 1. The van der Waals surface area contributed by atoms with Gasteiger partial charge in [-0.2, -0.15) is 0 Å². The monoisotopic (exact) mass is 310 g/mol. The van der Waals surface area contributed by atoms with E-state index in [4.69, 9.17) is 0 Å². The Morgan fingerprint density at radius 1 is 1.38 bits per heavy atom. The minimum absolute atomic E-state index is 0.0386. The average Bonchev–Trinajstić information content (AvgIpc) is 2.73. The molecule has 0 saturated heterocycles. The molecule has 114 valence electrons. The molecule has 0 atom stereocenters. The van der Waals surface area contributed by atoms with Crippen molar-refractivity contribution in [3.63, 3.8) is 0 Å². The van der Waals surface area contributed by atoms with Gasteiger partial charge in [0.1, 0.15) is 15.7 Å². The molecule has 0 fully saturated rings. The first kappa shape index (κ1) is 15.5. The van der Waals surface area contributed by atoms with Crippen LogP contribution >= 0.6 is 0 Å². The molecule has 0 unspecified atom stereocenters. The smallest absolute Gasteiger partial charge is 0.337 e. The maximum absolute atomic E-state index is 11.4. The van der Waals surface area contributed by atoms with Gasteiger partial charge in [0.25, 0.3) is 0 Å². The van der Waals surface area contributed by atoms with Gasteiger partial charge >= 0.3 is 5.97 Å². The second kappa shape index (κ2) is 5.85. The minimum Gasteiger partial charge on any atom is -0.478 e. The Bertz CT molecular complexity index is 778. The number of benzene rings is 1. The summed E-state index contributed by atoms with van der Waals surface area (Å²) in [4.78, 5) is 15.8. The van der Waals surface area contributed by atoms with Crippen molar-refractivity contribution < 1.29 is 18.3 Å². The Morgan fingerprint density at radius 2 is 2.10 bits per heavy atom. The summed E-state index contributed by atoms with van der Waals surface area (Å²) >= 11 is 0. The number of hydrogen-bond donors (Lipinski definition) is 1. The fourth-order valence-corrected chi connectivity index (χ4v) is 2.83. The van der Waals surface area contributed by atoms with E-state index in [0.29, 0.717) is 17.5 Å². The zero-order valence-corrected chi connectivity index (χ0v) is 12.9. The van der Waals surface area contributed by atoms with Crippen LogP contribution in [0.5, 0.6) is 0 Å². The number of aryl methyl sites for hydroxylation is 2. The highest BCUT2D eigenvalue weighted by Gasteiger charge is 2.18. The van der Waals surface area contributed by atoms with Crippen molar-refractivity contribution in [1.82, 2.24) is 9.55 Å². The van der Waals surface area contributed by atoms with Gasteiger partial charge < -0.3 is 9.67 Å². The summed E-state index contributed by atoms with van der Waals surface area (Å²) in [5.41, 5.74) is 1.24. The predicted molar refractivity (Wildman–Crippen MR) is 80.4 cm³/mol. The lowest BCUT2D eigenvalue weighted by Gasteiger charge is -2.09. The Kier molecular flexibility index (Phi) is 4.32. The molecule has 0 aliphatic carbocycles. The van der Waals surface area contributed by atoms with Crippen LogP contribution in [0.4, 0.5) is 0 Å². The lowest BCUT2D eigenvalue weighted by molar-refractivity contribution is 0.0698. The second-order valence-corrected chi connectivity index (χ2v) is 7.30. The zero-order valence-electron chi connectivity index (χ0n) is 12.0. The molecule has 7 heteroatoms. The van der Waals surface area contributed by atoms with Gasteiger partial charge in [-0.3, -0.25) is 0 Å². The third-order valence-electron chi connectivity index (χ3n) is 3.24. The van der Waals surface area contributed by atoms with Crippen LogP contribution in [0, 0.1) is 0 Å². The number of aromatic nitrogens is 2. The molecule has 2 aromatic rings. The maximum atomic E-state index is 11.4. The summed E-state index contributed by atoms with van der Waals surface area (Å²) in [5, 5.41) is 9.32. The topological polar surface area (TPSA) is 89.3 Å². The van der Waals surface area contributed by atoms with E-state index < -0.39 is 15.8 Å². The third-order valence-corrected chi connectivity index (χ3v) is 4.16. The Labute approximate surface area is 123 Å². The zero-order chi connectivity index (χ0) is 15.6. The highest BCUT2D eigenvalue weighted by atomic mass is 32.2. The van der Waals surface area contributed by atoms with Crippen molar-refractivity contribution in [1.29, 1.82) is 0 Å². The minimum atomic E-state index is -3.13. The summed E-state index contributed by atoms with van der Waals surface area (Å²) in [6, 6.07) is 4.91. The highest BCUT2D eigenvalue weighted by molar-refractivity contribution is 7.90. The number of fused-ring (bicyclic) bond motifs is 1. The average molecular weight is 310 g/mol. The van der Waals surface area contributed by atoms with Gasteiger partial charge in [0.05, 0.1) is 22.3 Å². The first-order valence-corrected chi connectivity index (χ1v) is 8.78. The van der Waals surface area contributed by atoms with Crippen molar-refractivity contribution in [2.24, 2.45) is 0 Å². The number of imidazole rings is 1. The molecule has 1 heterocycles. The molecular formula is C14H18N2O4S. The van der Waals surface area contributed by atoms with Crippen molar-refractivity contribution in [2.75, 3.05) is 12.0 Å². The number of carboxylic acid groups (broad SMARTS) is 1. The SMILES string of the molecule is CCCc1nc2cccc(C(=O)O)c2n1CCS(C)(=O)=O. The van der Waals surface area contributed by atoms with Gasteiger partial charge in [0.2, 0.25) is 0 Å².